The highest BCUT2D eigenvalue weighted by atomic mass is 35.5. The molecule has 3 amide bonds. The van der Waals surface area contributed by atoms with Crippen LogP contribution in [0.3, 0.4) is 0 Å². The predicted octanol–water partition coefficient (Wildman–Crippen LogP) is 6.39. The molecule has 3 heterocycles. The molecule has 0 aromatic heterocycles. The van der Waals surface area contributed by atoms with E-state index in [0.717, 1.165) is 42.5 Å². The molecule has 0 unspecified atom stereocenters. The van der Waals surface area contributed by atoms with E-state index in [-0.39, 0.29) is 43.8 Å². The Labute approximate surface area is 300 Å². The monoisotopic (exact) mass is 717 g/mol. The van der Waals surface area contributed by atoms with Crippen molar-refractivity contribution in [2.45, 2.75) is 88.9 Å². The van der Waals surface area contributed by atoms with Crippen LogP contribution in [0.5, 0.6) is 0 Å². The first-order chi connectivity index (χ1) is 23.9. The van der Waals surface area contributed by atoms with Gasteiger partial charge in [-0.2, -0.15) is 0 Å². The van der Waals surface area contributed by atoms with Crippen molar-refractivity contribution in [1.82, 2.24) is 4.90 Å². The SMILES string of the molecule is C[C@@H]1[C@@H]([Si](C)(C)O)[C@H](CC(=O)N(CCO)Cc2ccccc2)O[C@@]12C(=O)N(Cc1cccc(N3CCCCCCC3=O)c1)c1ccc(Cl)cc12. The molecule has 2 fully saturated rings. The third-order valence-corrected chi connectivity index (χ3v) is 13.4. The van der Waals surface area contributed by atoms with Crippen LogP contribution >= 0.6 is 11.6 Å². The number of rotatable bonds is 10. The Kier molecular flexibility index (Phi) is 10.9. The predicted molar refractivity (Wildman–Crippen MR) is 197 cm³/mol. The Hall–Kier alpha value is -3.54. The van der Waals surface area contributed by atoms with Crippen LogP contribution in [0.15, 0.2) is 72.8 Å². The summed E-state index contributed by atoms with van der Waals surface area (Å²) in [6, 6.07) is 22.8. The number of hydrogen-bond donors (Lipinski definition) is 2. The summed E-state index contributed by atoms with van der Waals surface area (Å²) in [5, 5.41) is 10.3. The third kappa shape index (κ3) is 7.14. The van der Waals surface area contributed by atoms with Crippen molar-refractivity contribution < 1.29 is 29.0 Å². The zero-order valence-electron chi connectivity index (χ0n) is 29.2. The van der Waals surface area contributed by atoms with Crippen molar-refractivity contribution in [2.75, 3.05) is 29.5 Å². The normalized spacial score (nSPS) is 24.0. The summed E-state index contributed by atoms with van der Waals surface area (Å²) < 4.78 is 6.89. The molecule has 11 heteroatoms. The number of benzene rings is 3. The second-order valence-electron chi connectivity index (χ2n) is 14.5. The molecule has 9 nitrogen and oxygen atoms in total. The van der Waals surface area contributed by atoms with Gasteiger partial charge in [-0.1, -0.05) is 73.8 Å². The largest absolute Gasteiger partial charge is 0.432 e. The average molecular weight is 718 g/mol. The van der Waals surface area contributed by atoms with Gasteiger partial charge in [0.05, 0.1) is 31.4 Å². The first-order valence-corrected chi connectivity index (χ1v) is 21.2. The van der Waals surface area contributed by atoms with Gasteiger partial charge in [0, 0.05) is 53.8 Å². The number of aliphatic hydroxyl groups excluding tert-OH is 1. The van der Waals surface area contributed by atoms with Crippen molar-refractivity contribution in [1.29, 1.82) is 0 Å². The summed E-state index contributed by atoms with van der Waals surface area (Å²) in [5.41, 5.74) is 2.03. The van der Waals surface area contributed by atoms with E-state index in [0.29, 0.717) is 35.8 Å². The van der Waals surface area contributed by atoms with Gasteiger partial charge in [0.15, 0.2) is 13.9 Å². The quantitative estimate of drug-likeness (QED) is 0.235. The number of aliphatic hydroxyl groups is 1. The Balaban J connectivity index is 1.32. The lowest BCUT2D eigenvalue weighted by atomic mass is 9.82. The van der Waals surface area contributed by atoms with Crippen LogP contribution in [-0.2, 0) is 37.8 Å². The molecule has 0 aliphatic carbocycles. The van der Waals surface area contributed by atoms with Crippen LogP contribution in [0.2, 0.25) is 23.7 Å². The maximum absolute atomic E-state index is 14.9. The van der Waals surface area contributed by atoms with E-state index < -0.39 is 31.5 Å². The molecule has 0 radical (unpaired) electrons. The number of hydrogen-bond acceptors (Lipinski definition) is 6. The van der Waals surface area contributed by atoms with E-state index in [1.54, 1.807) is 21.9 Å². The van der Waals surface area contributed by atoms with Crippen LogP contribution < -0.4 is 9.80 Å². The number of ether oxygens (including phenoxy) is 1. The van der Waals surface area contributed by atoms with Gasteiger partial charge in [0.2, 0.25) is 11.8 Å². The van der Waals surface area contributed by atoms with E-state index in [9.17, 15) is 24.3 Å². The minimum atomic E-state index is -3.03. The number of carbonyl (C=O) groups is 3. The Morgan fingerprint density at radius 3 is 2.48 bits per heavy atom. The van der Waals surface area contributed by atoms with Crippen molar-refractivity contribution in [3.05, 3.63) is 94.5 Å². The summed E-state index contributed by atoms with van der Waals surface area (Å²) in [7, 11) is -3.03. The van der Waals surface area contributed by atoms with Crippen LogP contribution in [0, 0.1) is 5.92 Å². The minimum Gasteiger partial charge on any atom is -0.432 e. The fraction of sp³-hybridized carbons (Fsp3) is 0.462. The number of carbonyl (C=O) groups excluding carboxylic acids is 3. The molecule has 4 atom stereocenters. The zero-order valence-corrected chi connectivity index (χ0v) is 30.9. The van der Waals surface area contributed by atoms with Crippen LogP contribution in [0.4, 0.5) is 11.4 Å². The summed E-state index contributed by atoms with van der Waals surface area (Å²) in [4.78, 5) is 58.8. The maximum atomic E-state index is 14.9. The number of halogens is 1. The highest BCUT2D eigenvalue weighted by molar-refractivity contribution is 6.71. The van der Waals surface area contributed by atoms with Gasteiger partial charge in [-0.15, -0.1) is 0 Å². The highest BCUT2D eigenvalue weighted by Crippen LogP contribution is 2.60. The summed E-state index contributed by atoms with van der Waals surface area (Å²) in [5.74, 6) is -0.823. The van der Waals surface area contributed by atoms with Gasteiger partial charge < -0.3 is 29.3 Å². The Bertz CT molecular complexity index is 1720. The minimum absolute atomic E-state index is 0.0460. The van der Waals surface area contributed by atoms with Gasteiger partial charge in [0.25, 0.3) is 5.91 Å². The Morgan fingerprint density at radius 1 is 1.00 bits per heavy atom. The van der Waals surface area contributed by atoms with E-state index >= 15 is 0 Å². The van der Waals surface area contributed by atoms with Crippen LogP contribution in [0.1, 0.15) is 62.1 Å². The molecule has 0 saturated carbocycles. The van der Waals surface area contributed by atoms with Gasteiger partial charge in [-0.3, -0.25) is 14.4 Å². The molecule has 3 aliphatic rings. The van der Waals surface area contributed by atoms with E-state index in [1.807, 2.05) is 85.6 Å². The smallest absolute Gasteiger partial charge is 0.264 e. The molecular formula is C39H48ClN3O6Si. The number of nitrogens with zero attached hydrogens (tertiary/aromatic N) is 3. The fourth-order valence-electron chi connectivity index (χ4n) is 8.36. The van der Waals surface area contributed by atoms with Crippen molar-refractivity contribution in [2.24, 2.45) is 5.92 Å². The molecular weight excluding hydrogens is 670 g/mol. The first kappa shape index (κ1) is 36.3. The number of anilines is 2. The number of amides is 3. The lowest BCUT2D eigenvalue weighted by molar-refractivity contribution is -0.150. The molecule has 6 rings (SSSR count). The maximum Gasteiger partial charge on any atom is 0.264 e. The third-order valence-electron chi connectivity index (χ3n) is 10.6. The molecule has 0 bridgehead atoms. The topological polar surface area (TPSA) is 111 Å². The average Bonchev–Trinajstić information content (AvgIpc) is 3.49. The molecule has 3 aromatic carbocycles. The van der Waals surface area contributed by atoms with E-state index in [4.69, 9.17) is 16.3 Å². The molecule has 266 valence electrons. The molecule has 2 N–H and O–H groups in total. The lowest BCUT2D eigenvalue weighted by Gasteiger charge is -2.32. The lowest BCUT2D eigenvalue weighted by Crippen LogP contribution is -2.46. The molecule has 2 saturated heterocycles. The molecule has 3 aliphatic heterocycles. The first-order valence-electron chi connectivity index (χ1n) is 17.8. The van der Waals surface area contributed by atoms with Gasteiger partial charge in [0.1, 0.15) is 0 Å². The zero-order chi connectivity index (χ0) is 35.6. The van der Waals surface area contributed by atoms with E-state index in [1.165, 1.54) is 0 Å². The standard InChI is InChI=1S/C39H48ClN3O6Si/c1-27-37(50(2,3)48)34(24-36(46)41(20-21-44)25-28-12-7-6-8-13-28)49-39(27)32-23-30(40)17-18-33(32)43(38(39)47)26-29-14-11-15-31(22-29)42-19-10-5-4-9-16-35(42)45/h6-8,11-15,17-18,22-23,27,34,37,44,48H,4-5,9-10,16,19-21,24-26H2,1-3H3/t27-,34+,37-,39+/m1/s1. The van der Waals surface area contributed by atoms with E-state index in [2.05, 4.69) is 0 Å². The van der Waals surface area contributed by atoms with Gasteiger partial charge in [-0.25, -0.2) is 0 Å². The fourth-order valence-corrected chi connectivity index (χ4v) is 11.1. The second-order valence-corrected chi connectivity index (χ2v) is 18.9. The van der Waals surface area contributed by atoms with Crippen molar-refractivity contribution in [3.63, 3.8) is 0 Å². The second kappa shape index (κ2) is 15.0. The highest BCUT2D eigenvalue weighted by Gasteiger charge is 2.66. The van der Waals surface area contributed by atoms with Crippen molar-refractivity contribution >= 4 is 49.0 Å². The molecule has 50 heavy (non-hydrogen) atoms. The van der Waals surface area contributed by atoms with Gasteiger partial charge >= 0.3 is 0 Å². The van der Waals surface area contributed by atoms with Gasteiger partial charge in [-0.05, 0) is 67.4 Å². The Morgan fingerprint density at radius 2 is 1.74 bits per heavy atom. The summed E-state index contributed by atoms with van der Waals surface area (Å²) in [6.07, 6.45) is 3.76. The summed E-state index contributed by atoms with van der Waals surface area (Å²) in [6.45, 7) is 6.80. The van der Waals surface area contributed by atoms with Crippen LogP contribution in [-0.4, -0.2) is 66.6 Å². The molecule has 3 aromatic rings. The number of fused-ring (bicyclic) bond motifs is 2. The summed E-state index contributed by atoms with van der Waals surface area (Å²) >= 11 is 6.59. The van der Waals surface area contributed by atoms with Crippen molar-refractivity contribution in [3.8, 4) is 0 Å². The van der Waals surface area contributed by atoms with Crippen LogP contribution in [0.25, 0.3) is 0 Å². The molecule has 1 spiro atoms.